The van der Waals surface area contributed by atoms with Crippen molar-refractivity contribution >= 4 is 46.3 Å². The second-order valence-corrected chi connectivity index (χ2v) is 7.72. The minimum absolute atomic E-state index is 0.00632. The Hall–Kier alpha value is -3.06. The predicted octanol–water partition coefficient (Wildman–Crippen LogP) is 4.48. The van der Waals surface area contributed by atoms with Gasteiger partial charge in [0.15, 0.2) is 5.17 Å². The molecule has 1 aliphatic rings. The molecule has 2 aromatic rings. The SMILES string of the molecule is CCN(CC)c1ccc(/C=C2\N=C(SCCC(=O)O)N(c3ccccc3)C2=O)cc1. The minimum Gasteiger partial charge on any atom is -0.481 e. The molecule has 3 rings (SSSR count). The second-order valence-electron chi connectivity index (χ2n) is 6.66. The minimum atomic E-state index is -0.872. The van der Waals surface area contributed by atoms with Crippen LogP contribution in [0.2, 0.25) is 0 Å². The van der Waals surface area contributed by atoms with E-state index in [1.54, 1.807) is 11.0 Å². The van der Waals surface area contributed by atoms with E-state index in [9.17, 15) is 9.59 Å². The zero-order valence-electron chi connectivity index (χ0n) is 17.1. The summed E-state index contributed by atoms with van der Waals surface area (Å²) in [6.45, 7) is 6.10. The third-order valence-corrected chi connectivity index (χ3v) is 5.66. The Balaban J connectivity index is 1.87. The first-order chi connectivity index (χ1) is 14.5. The van der Waals surface area contributed by atoms with Crippen LogP contribution >= 0.6 is 11.8 Å². The van der Waals surface area contributed by atoms with Crippen molar-refractivity contribution in [3.8, 4) is 0 Å². The van der Waals surface area contributed by atoms with Crippen LogP contribution < -0.4 is 9.80 Å². The fourth-order valence-corrected chi connectivity index (χ4v) is 4.10. The van der Waals surface area contributed by atoms with Gasteiger partial charge in [0.25, 0.3) is 5.91 Å². The Morgan fingerprint density at radius 2 is 1.77 bits per heavy atom. The maximum absolute atomic E-state index is 13.1. The normalized spacial score (nSPS) is 14.9. The summed E-state index contributed by atoms with van der Waals surface area (Å²) in [5, 5.41) is 9.42. The van der Waals surface area contributed by atoms with Gasteiger partial charge in [0.2, 0.25) is 0 Å². The number of nitrogens with zero attached hydrogens (tertiary/aromatic N) is 3. The van der Waals surface area contributed by atoms with Crippen LogP contribution in [-0.4, -0.2) is 41.0 Å². The van der Waals surface area contributed by atoms with Gasteiger partial charge < -0.3 is 10.0 Å². The number of anilines is 2. The fourth-order valence-electron chi connectivity index (χ4n) is 3.16. The monoisotopic (exact) mass is 423 g/mol. The van der Waals surface area contributed by atoms with Gasteiger partial charge in [-0.25, -0.2) is 4.99 Å². The van der Waals surface area contributed by atoms with Gasteiger partial charge in [-0.15, -0.1) is 0 Å². The number of para-hydroxylation sites is 1. The number of aliphatic imine (C=N–C) groups is 1. The third-order valence-electron chi connectivity index (χ3n) is 4.72. The molecule has 0 atom stereocenters. The quantitative estimate of drug-likeness (QED) is 0.634. The summed E-state index contributed by atoms with van der Waals surface area (Å²) in [4.78, 5) is 32.3. The number of carbonyl (C=O) groups excluding carboxylic acids is 1. The summed E-state index contributed by atoms with van der Waals surface area (Å²) >= 11 is 1.27. The van der Waals surface area contributed by atoms with Crippen molar-refractivity contribution in [2.24, 2.45) is 4.99 Å². The van der Waals surface area contributed by atoms with E-state index in [0.717, 1.165) is 24.3 Å². The van der Waals surface area contributed by atoms with Crippen LogP contribution in [0.25, 0.3) is 6.08 Å². The van der Waals surface area contributed by atoms with E-state index in [0.29, 0.717) is 22.3 Å². The molecule has 0 aliphatic carbocycles. The smallest absolute Gasteiger partial charge is 0.304 e. The summed E-state index contributed by atoms with van der Waals surface area (Å²) < 4.78 is 0. The molecule has 0 unspecified atom stereocenters. The molecule has 0 spiro atoms. The first kappa shape index (κ1) is 21.6. The third kappa shape index (κ3) is 5.10. The van der Waals surface area contributed by atoms with Crippen LogP contribution in [0.3, 0.4) is 0 Å². The number of carbonyl (C=O) groups is 2. The number of thioether (sulfide) groups is 1. The molecule has 0 fully saturated rings. The highest BCUT2D eigenvalue weighted by atomic mass is 32.2. The highest BCUT2D eigenvalue weighted by Crippen LogP contribution is 2.29. The van der Waals surface area contributed by atoms with Crippen molar-refractivity contribution in [2.45, 2.75) is 20.3 Å². The Labute approximate surface area is 180 Å². The Kier molecular flexibility index (Phi) is 7.30. The molecule has 0 aromatic heterocycles. The molecule has 1 N–H and O–H groups in total. The lowest BCUT2D eigenvalue weighted by atomic mass is 10.1. The molecule has 0 saturated heterocycles. The van der Waals surface area contributed by atoms with Crippen molar-refractivity contribution in [1.29, 1.82) is 0 Å². The lowest BCUT2D eigenvalue weighted by Gasteiger charge is -2.20. The zero-order valence-corrected chi connectivity index (χ0v) is 17.9. The molecular formula is C23H25N3O3S. The molecule has 0 bridgehead atoms. The number of carboxylic acid groups (broad SMARTS) is 1. The topological polar surface area (TPSA) is 73.2 Å². The maximum atomic E-state index is 13.1. The maximum Gasteiger partial charge on any atom is 0.304 e. The number of amides is 1. The van der Waals surface area contributed by atoms with Crippen LogP contribution in [0.5, 0.6) is 0 Å². The number of amidine groups is 1. The van der Waals surface area contributed by atoms with E-state index < -0.39 is 5.97 Å². The molecule has 1 aliphatic heterocycles. The van der Waals surface area contributed by atoms with Crippen LogP contribution in [0.15, 0.2) is 65.3 Å². The molecule has 0 saturated carbocycles. The summed E-state index contributed by atoms with van der Waals surface area (Å²) in [5.41, 5.74) is 3.08. The van der Waals surface area contributed by atoms with E-state index in [4.69, 9.17) is 5.11 Å². The van der Waals surface area contributed by atoms with Gasteiger partial charge >= 0.3 is 5.97 Å². The van der Waals surface area contributed by atoms with Gasteiger partial charge in [0.05, 0.1) is 12.1 Å². The van der Waals surface area contributed by atoms with Gasteiger partial charge in [-0.05, 0) is 49.8 Å². The van der Waals surface area contributed by atoms with Crippen molar-refractivity contribution < 1.29 is 14.7 Å². The number of rotatable bonds is 8. The summed E-state index contributed by atoms with van der Waals surface area (Å²) in [6, 6.07) is 17.3. The summed E-state index contributed by atoms with van der Waals surface area (Å²) in [7, 11) is 0. The Morgan fingerprint density at radius 3 is 2.37 bits per heavy atom. The fraction of sp³-hybridized carbons (Fsp3) is 0.261. The van der Waals surface area contributed by atoms with E-state index in [1.807, 2.05) is 54.6 Å². The molecule has 0 radical (unpaired) electrons. The van der Waals surface area contributed by atoms with Crippen molar-refractivity contribution in [2.75, 3.05) is 28.6 Å². The number of aliphatic carboxylic acids is 1. The first-order valence-electron chi connectivity index (χ1n) is 9.93. The number of carboxylic acids is 1. The molecule has 1 heterocycles. The van der Waals surface area contributed by atoms with Gasteiger partial charge in [-0.2, -0.15) is 0 Å². The lowest BCUT2D eigenvalue weighted by Crippen LogP contribution is -2.30. The zero-order chi connectivity index (χ0) is 21.5. The van der Waals surface area contributed by atoms with Crippen molar-refractivity contribution in [3.05, 3.63) is 65.9 Å². The Morgan fingerprint density at radius 1 is 1.10 bits per heavy atom. The predicted molar refractivity (Wildman–Crippen MR) is 124 cm³/mol. The van der Waals surface area contributed by atoms with E-state index in [2.05, 4.69) is 23.7 Å². The highest BCUT2D eigenvalue weighted by molar-refractivity contribution is 8.14. The van der Waals surface area contributed by atoms with Gasteiger partial charge in [0, 0.05) is 24.5 Å². The van der Waals surface area contributed by atoms with Crippen molar-refractivity contribution in [1.82, 2.24) is 0 Å². The molecule has 156 valence electrons. The molecule has 2 aromatic carbocycles. The van der Waals surface area contributed by atoms with E-state index in [-0.39, 0.29) is 12.3 Å². The molecular weight excluding hydrogens is 398 g/mol. The Bertz CT molecular complexity index is 951. The second kappa shape index (κ2) is 10.1. The lowest BCUT2D eigenvalue weighted by molar-refractivity contribution is -0.136. The van der Waals surface area contributed by atoms with Gasteiger partial charge in [0.1, 0.15) is 5.70 Å². The van der Waals surface area contributed by atoms with Crippen LogP contribution in [0.4, 0.5) is 11.4 Å². The van der Waals surface area contributed by atoms with Crippen LogP contribution in [0.1, 0.15) is 25.8 Å². The van der Waals surface area contributed by atoms with Crippen LogP contribution in [0, 0.1) is 0 Å². The summed E-state index contributed by atoms with van der Waals surface area (Å²) in [5.74, 6) is -0.744. The number of hydrogen-bond donors (Lipinski definition) is 1. The first-order valence-corrected chi connectivity index (χ1v) is 10.9. The standard InChI is InChI=1S/C23H25N3O3S/c1-3-25(4-2)18-12-10-17(11-13-18)16-20-22(29)26(19-8-6-5-7-9-19)23(24-20)30-15-14-21(27)28/h5-13,16H,3-4,14-15H2,1-2H3,(H,27,28)/b20-16-. The van der Waals surface area contributed by atoms with E-state index in [1.165, 1.54) is 11.8 Å². The summed E-state index contributed by atoms with van der Waals surface area (Å²) in [6.07, 6.45) is 1.78. The molecule has 1 amide bonds. The van der Waals surface area contributed by atoms with E-state index >= 15 is 0 Å². The van der Waals surface area contributed by atoms with Crippen LogP contribution in [-0.2, 0) is 9.59 Å². The average Bonchev–Trinajstić information content (AvgIpc) is 3.05. The molecule has 6 nitrogen and oxygen atoms in total. The largest absolute Gasteiger partial charge is 0.481 e. The van der Waals surface area contributed by atoms with Gasteiger partial charge in [-0.1, -0.05) is 42.1 Å². The number of hydrogen-bond acceptors (Lipinski definition) is 5. The molecule has 30 heavy (non-hydrogen) atoms. The van der Waals surface area contributed by atoms with Gasteiger partial charge in [-0.3, -0.25) is 14.5 Å². The van der Waals surface area contributed by atoms with Crippen molar-refractivity contribution in [3.63, 3.8) is 0 Å². The number of benzene rings is 2. The molecule has 7 heteroatoms. The average molecular weight is 424 g/mol. The highest BCUT2D eigenvalue weighted by Gasteiger charge is 2.31.